The number of halogens is 2. The molecule has 0 aliphatic heterocycles. The molecule has 0 amide bonds. The van der Waals surface area contributed by atoms with Gasteiger partial charge in [-0.05, 0) is 31.8 Å². The van der Waals surface area contributed by atoms with Gasteiger partial charge in [0, 0.05) is 19.6 Å². The SMILES string of the molecule is C#CCOc1cccc(CNCCN(C)C)c1.Cl.Cl. The zero-order valence-corrected chi connectivity index (χ0v) is 13.0. The van der Waals surface area contributed by atoms with Crippen molar-refractivity contribution in [3.05, 3.63) is 29.8 Å². The summed E-state index contributed by atoms with van der Waals surface area (Å²) in [6.45, 7) is 3.17. The molecule has 108 valence electrons. The molecule has 0 aliphatic rings. The fourth-order valence-corrected chi connectivity index (χ4v) is 1.41. The average Bonchev–Trinajstić information content (AvgIpc) is 2.32. The molecule has 0 unspecified atom stereocenters. The number of nitrogens with zero attached hydrogens (tertiary/aromatic N) is 1. The molecule has 0 saturated carbocycles. The van der Waals surface area contributed by atoms with Crippen LogP contribution >= 0.6 is 24.8 Å². The summed E-state index contributed by atoms with van der Waals surface area (Å²) in [5, 5.41) is 3.38. The Morgan fingerprint density at radius 3 is 2.68 bits per heavy atom. The highest BCUT2D eigenvalue weighted by atomic mass is 35.5. The van der Waals surface area contributed by atoms with Gasteiger partial charge in [0.05, 0.1) is 0 Å². The number of nitrogens with one attached hydrogen (secondary N) is 1. The predicted molar refractivity (Wildman–Crippen MR) is 85.5 cm³/mol. The molecule has 0 heterocycles. The van der Waals surface area contributed by atoms with Crippen LogP contribution in [0, 0.1) is 12.3 Å². The van der Waals surface area contributed by atoms with Crippen molar-refractivity contribution in [3.8, 4) is 18.1 Å². The van der Waals surface area contributed by atoms with Gasteiger partial charge in [0.25, 0.3) is 0 Å². The van der Waals surface area contributed by atoms with E-state index in [0.717, 1.165) is 25.4 Å². The zero-order chi connectivity index (χ0) is 12.5. The quantitative estimate of drug-likeness (QED) is 0.617. The molecule has 5 heteroatoms. The van der Waals surface area contributed by atoms with Crippen molar-refractivity contribution >= 4 is 24.8 Å². The van der Waals surface area contributed by atoms with Gasteiger partial charge in [0.15, 0.2) is 0 Å². The van der Waals surface area contributed by atoms with Gasteiger partial charge in [-0.3, -0.25) is 0 Å². The van der Waals surface area contributed by atoms with Crippen LogP contribution in [0.2, 0.25) is 0 Å². The van der Waals surface area contributed by atoms with Gasteiger partial charge in [0.1, 0.15) is 12.4 Å². The number of rotatable bonds is 7. The predicted octanol–water partition coefficient (Wildman–Crippen LogP) is 2.19. The summed E-state index contributed by atoms with van der Waals surface area (Å²) in [6.07, 6.45) is 5.15. The first-order valence-corrected chi connectivity index (χ1v) is 5.73. The van der Waals surface area contributed by atoms with Gasteiger partial charge in [-0.1, -0.05) is 18.1 Å². The summed E-state index contributed by atoms with van der Waals surface area (Å²) in [5.41, 5.74) is 1.21. The number of hydrogen-bond donors (Lipinski definition) is 1. The Labute approximate surface area is 128 Å². The highest BCUT2D eigenvalue weighted by molar-refractivity contribution is 5.85. The highest BCUT2D eigenvalue weighted by Crippen LogP contribution is 2.12. The molecular weight excluding hydrogens is 283 g/mol. The van der Waals surface area contributed by atoms with E-state index >= 15 is 0 Å². The molecule has 0 fully saturated rings. The smallest absolute Gasteiger partial charge is 0.148 e. The van der Waals surface area contributed by atoms with Crippen LogP contribution in [0.25, 0.3) is 0 Å². The Hall–Kier alpha value is -0.920. The van der Waals surface area contributed by atoms with Crippen molar-refractivity contribution in [2.45, 2.75) is 6.54 Å². The van der Waals surface area contributed by atoms with Crippen LogP contribution in [0.4, 0.5) is 0 Å². The van der Waals surface area contributed by atoms with Gasteiger partial charge in [0.2, 0.25) is 0 Å². The molecule has 0 bridgehead atoms. The molecule has 0 aromatic heterocycles. The Morgan fingerprint density at radius 2 is 2.05 bits per heavy atom. The number of ether oxygens (including phenoxy) is 1. The van der Waals surface area contributed by atoms with E-state index in [4.69, 9.17) is 11.2 Å². The molecule has 0 radical (unpaired) electrons. The van der Waals surface area contributed by atoms with Crippen molar-refractivity contribution in [1.29, 1.82) is 0 Å². The second-order valence-electron chi connectivity index (χ2n) is 4.12. The highest BCUT2D eigenvalue weighted by Gasteiger charge is 1.96. The zero-order valence-electron chi connectivity index (χ0n) is 11.4. The Balaban J connectivity index is 0. The van der Waals surface area contributed by atoms with E-state index in [9.17, 15) is 0 Å². The fourth-order valence-electron chi connectivity index (χ4n) is 1.41. The van der Waals surface area contributed by atoms with Gasteiger partial charge in [-0.25, -0.2) is 0 Å². The molecule has 1 aromatic rings. The van der Waals surface area contributed by atoms with Crippen LogP contribution in [0.15, 0.2) is 24.3 Å². The lowest BCUT2D eigenvalue weighted by Gasteiger charge is -2.11. The molecule has 1 rings (SSSR count). The van der Waals surface area contributed by atoms with Crippen LogP contribution in [0.3, 0.4) is 0 Å². The minimum atomic E-state index is 0. The largest absolute Gasteiger partial charge is 0.481 e. The summed E-state index contributed by atoms with van der Waals surface area (Å²) in [5.74, 6) is 3.29. The maximum atomic E-state index is 5.37. The third-order valence-corrected chi connectivity index (χ3v) is 2.29. The molecule has 1 N–H and O–H groups in total. The van der Waals surface area contributed by atoms with E-state index in [1.54, 1.807) is 0 Å². The third kappa shape index (κ3) is 9.63. The van der Waals surface area contributed by atoms with Gasteiger partial charge >= 0.3 is 0 Å². The van der Waals surface area contributed by atoms with E-state index < -0.39 is 0 Å². The minimum Gasteiger partial charge on any atom is -0.481 e. The van der Waals surface area contributed by atoms with Gasteiger partial charge < -0.3 is 15.0 Å². The molecule has 0 spiro atoms. The second kappa shape index (κ2) is 12.1. The first-order valence-electron chi connectivity index (χ1n) is 5.73. The molecular formula is C14H22Cl2N2O. The second-order valence-corrected chi connectivity index (χ2v) is 4.12. The van der Waals surface area contributed by atoms with Crippen LogP contribution in [0.5, 0.6) is 5.75 Å². The average molecular weight is 305 g/mol. The van der Waals surface area contributed by atoms with E-state index in [1.807, 2.05) is 18.2 Å². The maximum Gasteiger partial charge on any atom is 0.148 e. The molecule has 0 atom stereocenters. The minimum absolute atomic E-state index is 0. The third-order valence-electron chi connectivity index (χ3n) is 2.29. The first kappa shape index (κ1) is 20.4. The van der Waals surface area contributed by atoms with Crippen molar-refractivity contribution in [2.75, 3.05) is 33.8 Å². The first-order chi connectivity index (χ1) is 8.22. The van der Waals surface area contributed by atoms with Crippen molar-refractivity contribution < 1.29 is 4.74 Å². The summed E-state index contributed by atoms with van der Waals surface area (Å²) >= 11 is 0. The lowest BCUT2D eigenvalue weighted by atomic mass is 10.2. The van der Waals surface area contributed by atoms with Gasteiger partial charge in [-0.2, -0.15) is 0 Å². The summed E-state index contributed by atoms with van der Waals surface area (Å²) in [6, 6.07) is 7.99. The molecule has 19 heavy (non-hydrogen) atoms. The Bertz CT molecular complexity index is 378. The topological polar surface area (TPSA) is 24.5 Å². The molecule has 0 saturated heterocycles. The maximum absolute atomic E-state index is 5.37. The molecule has 3 nitrogen and oxygen atoms in total. The lowest BCUT2D eigenvalue weighted by molar-refractivity contribution is 0.369. The normalized spacial score (nSPS) is 9.16. The standard InChI is InChI=1S/C14H20N2O.2ClH/c1-4-10-17-14-7-5-6-13(11-14)12-15-8-9-16(2)3;;/h1,5-7,11,15H,8-10,12H2,2-3H3;2*1H. The Morgan fingerprint density at radius 1 is 1.32 bits per heavy atom. The summed E-state index contributed by atoms with van der Waals surface area (Å²) in [4.78, 5) is 2.15. The van der Waals surface area contributed by atoms with Crippen molar-refractivity contribution in [3.63, 3.8) is 0 Å². The summed E-state index contributed by atoms with van der Waals surface area (Å²) in [7, 11) is 4.13. The Kier molecular flexibility index (Phi) is 13.0. The number of benzene rings is 1. The van der Waals surface area contributed by atoms with Crippen LogP contribution in [-0.2, 0) is 6.54 Å². The van der Waals surface area contributed by atoms with Crippen molar-refractivity contribution in [1.82, 2.24) is 10.2 Å². The summed E-state index contributed by atoms with van der Waals surface area (Å²) < 4.78 is 5.37. The number of hydrogen-bond acceptors (Lipinski definition) is 3. The van der Waals surface area contributed by atoms with Crippen molar-refractivity contribution in [2.24, 2.45) is 0 Å². The van der Waals surface area contributed by atoms with E-state index in [1.165, 1.54) is 5.56 Å². The van der Waals surface area contributed by atoms with Crippen LogP contribution in [0.1, 0.15) is 5.56 Å². The monoisotopic (exact) mass is 304 g/mol. The van der Waals surface area contributed by atoms with Crippen LogP contribution < -0.4 is 10.1 Å². The van der Waals surface area contributed by atoms with Crippen LogP contribution in [-0.4, -0.2) is 38.7 Å². The van der Waals surface area contributed by atoms with E-state index in [0.29, 0.717) is 6.61 Å². The van der Waals surface area contributed by atoms with Gasteiger partial charge in [-0.15, -0.1) is 31.2 Å². The van der Waals surface area contributed by atoms with E-state index in [2.05, 4.69) is 36.3 Å². The molecule has 0 aliphatic carbocycles. The molecule has 1 aromatic carbocycles. The van der Waals surface area contributed by atoms with E-state index in [-0.39, 0.29) is 24.8 Å². The number of likely N-dealkylation sites (N-methyl/N-ethyl adjacent to an activating group) is 1. The lowest BCUT2D eigenvalue weighted by Crippen LogP contribution is -2.26. The fraction of sp³-hybridized carbons (Fsp3) is 0.429. The number of terminal acetylenes is 1.